The molecule has 1 heterocycles. The Hall–Kier alpha value is -1.61. The Labute approximate surface area is 121 Å². The third-order valence-electron chi connectivity index (χ3n) is 3.87. The van der Waals surface area contributed by atoms with E-state index in [1.807, 2.05) is 11.0 Å². The molecule has 3 heteroatoms. The molecule has 0 unspecified atom stereocenters. The van der Waals surface area contributed by atoms with Crippen LogP contribution in [-0.2, 0) is 4.79 Å². The van der Waals surface area contributed by atoms with E-state index >= 15 is 0 Å². The third-order valence-corrected chi connectivity index (χ3v) is 3.87. The maximum atomic E-state index is 12.1. The Morgan fingerprint density at radius 2 is 1.85 bits per heavy atom. The number of hydrogen-bond donors (Lipinski definition) is 1. The molecule has 0 aromatic heterocycles. The van der Waals surface area contributed by atoms with Gasteiger partial charge in [-0.25, -0.2) is 0 Å². The summed E-state index contributed by atoms with van der Waals surface area (Å²) in [4.78, 5) is 13.9. The number of carbonyl (C=O) groups excluding carboxylic acids is 1. The normalized spacial score (nSPS) is 17.1. The number of rotatable bonds is 3. The number of nitrogens with zero attached hydrogens (tertiary/aromatic N) is 1. The summed E-state index contributed by atoms with van der Waals surface area (Å²) in [5.41, 5.74) is 8.23. The van der Waals surface area contributed by atoms with Gasteiger partial charge in [0.05, 0.1) is 0 Å². The van der Waals surface area contributed by atoms with Gasteiger partial charge in [0.1, 0.15) is 0 Å². The van der Waals surface area contributed by atoms with Crippen LogP contribution in [0.25, 0.3) is 6.08 Å². The van der Waals surface area contributed by atoms with Crippen molar-refractivity contribution in [3.05, 3.63) is 41.5 Å². The highest BCUT2D eigenvalue weighted by atomic mass is 16.2. The smallest absolute Gasteiger partial charge is 0.246 e. The first-order valence-corrected chi connectivity index (χ1v) is 7.39. The van der Waals surface area contributed by atoms with Crippen LogP contribution in [0, 0.1) is 0 Å². The number of carbonyl (C=O) groups is 1. The first-order valence-electron chi connectivity index (χ1n) is 7.39. The molecule has 1 aliphatic heterocycles. The minimum absolute atomic E-state index is 0.0878. The summed E-state index contributed by atoms with van der Waals surface area (Å²) in [6, 6.07) is 8.62. The zero-order chi connectivity index (χ0) is 14.5. The Balaban J connectivity index is 1.93. The molecule has 1 aromatic carbocycles. The number of hydrogen-bond acceptors (Lipinski definition) is 2. The quantitative estimate of drug-likeness (QED) is 0.860. The van der Waals surface area contributed by atoms with Gasteiger partial charge >= 0.3 is 0 Å². The van der Waals surface area contributed by atoms with E-state index in [0.717, 1.165) is 31.5 Å². The van der Waals surface area contributed by atoms with Gasteiger partial charge < -0.3 is 10.6 Å². The van der Waals surface area contributed by atoms with Crippen molar-refractivity contribution in [2.45, 2.75) is 38.6 Å². The van der Waals surface area contributed by atoms with Gasteiger partial charge in [-0.15, -0.1) is 0 Å². The molecule has 0 saturated carbocycles. The number of nitrogens with two attached hydrogens (primary N) is 1. The lowest BCUT2D eigenvalue weighted by atomic mass is 10.0. The van der Waals surface area contributed by atoms with Crippen LogP contribution in [0.5, 0.6) is 0 Å². The van der Waals surface area contributed by atoms with E-state index in [1.165, 1.54) is 5.56 Å². The molecular weight excluding hydrogens is 248 g/mol. The second-order valence-electron chi connectivity index (χ2n) is 5.82. The van der Waals surface area contributed by atoms with Crippen molar-refractivity contribution >= 4 is 12.0 Å². The fourth-order valence-electron chi connectivity index (χ4n) is 2.38. The van der Waals surface area contributed by atoms with E-state index in [-0.39, 0.29) is 11.9 Å². The van der Waals surface area contributed by atoms with Gasteiger partial charge in [0.25, 0.3) is 0 Å². The van der Waals surface area contributed by atoms with Gasteiger partial charge in [-0.1, -0.05) is 38.1 Å². The lowest BCUT2D eigenvalue weighted by Gasteiger charge is -2.29. The first-order chi connectivity index (χ1) is 9.56. The Morgan fingerprint density at radius 3 is 2.40 bits per heavy atom. The van der Waals surface area contributed by atoms with Gasteiger partial charge in [0, 0.05) is 25.2 Å². The molecule has 2 N–H and O–H groups in total. The van der Waals surface area contributed by atoms with Crippen LogP contribution in [0.2, 0.25) is 0 Å². The molecule has 1 aliphatic rings. The van der Waals surface area contributed by atoms with Crippen molar-refractivity contribution in [2.24, 2.45) is 5.73 Å². The average molecular weight is 272 g/mol. The molecule has 0 atom stereocenters. The van der Waals surface area contributed by atoms with Gasteiger partial charge in [-0.05, 0) is 36.0 Å². The monoisotopic (exact) mass is 272 g/mol. The fourth-order valence-corrected chi connectivity index (χ4v) is 2.38. The Morgan fingerprint density at radius 1 is 1.25 bits per heavy atom. The van der Waals surface area contributed by atoms with Crippen LogP contribution in [0.15, 0.2) is 30.3 Å². The third kappa shape index (κ3) is 3.94. The highest BCUT2D eigenvalue weighted by molar-refractivity contribution is 5.91. The van der Waals surface area contributed by atoms with Crippen LogP contribution in [0.1, 0.15) is 43.7 Å². The largest absolute Gasteiger partial charge is 0.339 e. The summed E-state index contributed by atoms with van der Waals surface area (Å²) in [7, 11) is 0. The van der Waals surface area contributed by atoms with Crippen molar-refractivity contribution in [3.63, 3.8) is 0 Å². The predicted molar refractivity (Wildman–Crippen MR) is 83.4 cm³/mol. The van der Waals surface area contributed by atoms with E-state index in [1.54, 1.807) is 6.08 Å². The lowest BCUT2D eigenvalue weighted by Crippen LogP contribution is -2.42. The zero-order valence-corrected chi connectivity index (χ0v) is 12.4. The van der Waals surface area contributed by atoms with Crippen LogP contribution in [0.3, 0.4) is 0 Å². The SMILES string of the molecule is CC(C)c1ccc(/C=C/C(=O)N2CCC(N)CC2)cc1. The van der Waals surface area contributed by atoms with E-state index in [0.29, 0.717) is 5.92 Å². The molecule has 1 saturated heterocycles. The van der Waals surface area contributed by atoms with Crippen molar-refractivity contribution < 1.29 is 4.79 Å². The number of likely N-dealkylation sites (tertiary alicyclic amines) is 1. The number of amides is 1. The Bertz CT molecular complexity index is 468. The summed E-state index contributed by atoms with van der Waals surface area (Å²) in [6.45, 7) is 5.90. The summed E-state index contributed by atoms with van der Waals surface area (Å²) >= 11 is 0. The minimum atomic E-state index is 0.0878. The molecule has 2 rings (SSSR count). The first kappa shape index (κ1) is 14.8. The maximum Gasteiger partial charge on any atom is 0.246 e. The van der Waals surface area contributed by atoms with Crippen LogP contribution < -0.4 is 5.73 Å². The van der Waals surface area contributed by atoms with E-state index in [9.17, 15) is 4.79 Å². The highest BCUT2D eigenvalue weighted by Crippen LogP contribution is 2.15. The summed E-state index contributed by atoms with van der Waals surface area (Å²) in [6.07, 6.45) is 5.37. The summed E-state index contributed by atoms with van der Waals surface area (Å²) in [5.74, 6) is 0.622. The minimum Gasteiger partial charge on any atom is -0.339 e. The number of piperidine rings is 1. The molecule has 1 amide bonds. The molecule has 20 heavy (non-hydrogen) atoms. The topological polar surface area (TPSA) is 46.3 Å². The van der Waals surface area contributed by atoms with Crippen molar-refractivity contribution in [1.82, 2.24) is 4.90 Å². The molecule has 3 nitrogen and oxygen atoms in total. The Kier molecular flexibility index (Phi) is 4.96. The zero-order valence-electron chi connectivity index (χ0n) is 12.4. The maximum absolute atomic E-state index is 12.1. The van der Waals surface area contributed by atoms with E-state index in [2.05, 4.69) is 38.1 Å². The second-order valence-corrected chi connectivity index (χ2v) is 5.82. The fraction of sp³-hybridized carbons (Fsp3) is 0.471. The molecular formula is C17H24N2O. The molecule has 0 spiro atoms. The van der Waals surface area contributed by atoms with Crippen LogP contribution in [0.4, 0.5) is 0 Å². The standard InChI is InChI=1S/C17H24N2O/c1-13(2)15-6-3-14(4-7-15)5-8-17(20)19-11-9-16(18)10-12-19/h3-8,13,16H,9-12,18H2,1-2H3/b8-5+. The van der Waals surface area contributed by atoms with Crippen LogP contribution in [-0.4, -0.2) is 29.9 Å². The summed E-state index contributed by atoms with van der Waals surface area (Å²) in [5, 5.41) is 0. The second kappa shape index (κ2) is 6.71. The molecule has 1 fully saturated rings. The molecule has 0 bridgehead atoms. The predicted octanol–water partition coefficient (Wildman–Crippen LogP) is 2.77. The van der Waals surface area contributed by atoms with Gasteiger partial charge in [-0.3, -0.25) is 4.79 Å². The van der Waals surface area contributed by atoms with E-state index < -0.39 is 0 Å². The van der Waals surface area contributed by atoms with Gasteiger partial charge in [-0.2, -0.15) is 0 Å². The van der Waals surface area contributed by atoms with Crippen LogP contribution >= 0.6 is 0 Å². The molecule has 1 aromatic rings. The summed E-state index contributed by atoms with van der Waals surface area (Å²) < 4.78 is 0. The average Bonchev–Trinajstić information content (AvgIpc) is 2.46. The molecule has 0 aliphatic carbocycles. The molecule has 0 radical (unpaired) electrons. The van der Waals surface area contributed by atoms with Gasteiger partial charge in [0.15, 0.2) is 0 Å². The highest BCUT2D eigenvalue weighted by Gasteiger charge is 2.18. The molecule has 108 valence electrons. The van der Waals surface area contributed by atoms with E-state index in [4.69, 9.17) is 5.73 Å². The van der Waals surface area contributed by atoms with Gasteiger partial charge in [0.2, 0.25) is 5.91 Å². The van der Waals surface area contributed by atoms with Crippen molar-refractivity contribution in [1.29, 1.82) is 0 Å². The van der Waals surface area contributed by atoms with Crippen molar-refractivity contribution in [2.75, 3.05) is 13.1 Å². The number of benzene rings is 1. The lowest BCUT2D eigenvalue weighted by molar-refractivity contribution is -0.126. The van der Waals surface area contributed by atoms with Crippen molar-refractivity contribution in [3.8, 4) is 0 Å².